The largest absolute Gasteiger partial charge is 0.481 e. The highest BCUT2D eigenvalue weighted by Crippen LogP contribution is 2.23. The van der Waals surface area contributed by atoms with E-state index in [0.29, 0.717) is 26.3 Å². The standard InChI is InChI=1S/C10H19NO4/c1-3-14-5-8(2)15-10(4-9(12)13)6-11-7-10/h8,11H,3-7H2,1-2H3,(H,12,13). The molecule has 0 bridgehead atoms. The van der Waals surface area contributed by atoms with Gasteiger partial charge < -0.3 is 19.9 Å². The van der Waals surface area contributed by atoms with E-state index >= 15 is 0 Å². The van der Waals surface area contributed by atoms with E-state index in [4.69, 9.17) is 14.6 Å². The van der Waals surface area contributed by atoms with Crippen LogP contribution in [0.1, 0.15) is 20.3 Å². The molecule has 0 radical (unpaired) electrons. The average molecular weight is 217 g/mol. The molecule has 1 rings (SSSR count). The van der Waals surface area contributed by atoms with E-state index in [2.05, 4.69) is 5.32 Å². The van der Waals surface area contributed by atoms with Gasteiger partial charge in [0.25, 0.3) is 0 Å². The van der Waals surface area contributed by atoms with Gasteiger partial charge in [0.15, 0.2) is 0 Å². The van der Waals surface area contributed by atoms with Gasteiger partial charge in [-0.25, -0.2) is 0 Å². The van der Waals surface area contributed by atoms with Gasteiger partial charge in [-0.2, -0.15) is 0 Å². The smallest absolute Gasteiger partial charge is 0.306 e. The van der Waals surface area contributed by atoms with Gasteiger partial charge >= 0.3 is 5.97 Å². The number of carboxylic acids is 1. The first-order valence-electron chi connectivity index (χ1n) is 5.26. The second-order valence-corrected chi connectivity index (χ2v) is 3.95. The van der Waals surface area contributed by atoms with E-state index in [0.717, 1.165) is 0 Å². The maximum Gasteiger partial charge on any atom is 0.306 e. The van der Waals surface area contributed by atoms with Crippen LogP contribution in [0.5, 0.6) is 0 Å². The fourth-order valence-electron chi connectivity index (χ4n) is 1.67. The Hall–Kier alpha value is -0.650. The first-order chi connectivity index (χ1) is 7.08. The molecule has 5 heteroatoms. The van der Waals surface area contributed by atoms with Crippen LogP contribution < -0.4 is 5.32 Å². The summed E-state index contributed by atoms with van der Waals surface area (Å²) < 4.78 is 10.9. The van der Waals surface area contributed by atoms with Crippen LogP contribution in [0.4, 0.5) is 0 Å². The first-order valence-corrected chi connectivity index (χ1v) is 5.26. The molecule has 0 spiro atoms. The van der Waals surface area contributed by atoms with Crippen LogP contribution in [-0.4, -0.2) is 49.1 Å². The van der Waals surface area contributed by atoms with E-state index in [1.54, 1.807) is 0 Å². The van der Waals surface area contributed by atoms with Crippen molar-refractivity contribution in [2.75, 3.05) is 26.3 Å². The zero-order valence-electron chi connectivity index (χ0n) is 9.28. The number of carboxylic acid groups (broad SMARTS) is 1. The predicted molar refractivity (Wildman–Crippen MR) is 54.9 cm³/mol. The maximum atomic E-state index is 10.7. The van der Waals surface area contributed by atoms with Crippen LogP contribution in [0.25, 0.3) is 0 Å². The molecular formula is C10H19NO4. The Morgan fingerprint density at radius 3 is 2.67 bits per heavy atom. The zero-order valence-corrected chi connectivity index (χ0v) is 9.28. The van der Waals surface area contributed by atoms with Crippen molar-refractivity contribution in [2.45, 2.75) is 32.0 Å². The number of hydrogen-bond donors (Lipinski definition) is 2. The molecular weight excluding hydrogens is 198 g/mol. The third kappa shape index (κ3) is 3.77. The summed E-state index contributed by atoms with van der Waals surface area (Å²) in [5, 5.41) is 11.8. The molecule has 1 atom stereocenters. The second-order valence-electron chi connectivity index (χ2n) is 3.95. The molecule has 1 aliphatic rings. The number of rotatable bonds is 7. The summed E-state index contributed by atoms with van der Waals surface area (Å²) >= 11 is 0. The summed E-state index contributed by atoms with van der Waals surface area (Å²) in [6.45, 7) is 6.20. The lowest BCUT2D eigenvalue weighted by atomic mass is 9.92. The van der Waals surface area contributed by atoms with Crippen LogP contribution in [0, 0.1) is 0 Å². The molecule has 0 aromatic heterocycles. The normalized spacial score (nSPS) is 20.7. The molecule has 0 saturated carbocycles. The molecule has 5 nitrogen and oxygen atoms in total. The van der Waals surface area contributed by atoms with E-state index in [9.17, 15) is 4.79 Å². The lowest BCUT2D eigenvalue weighted by Crippen LogP contribution is -2.63. The Balaban J connectivity index is 2.35. The minimum atomic E-state index is -0.819. The molecule has 0 aromatic carbocycles. The minimum Gasteiger partial charge on any atom is -0.481 e. The van der Waals surface area contributed by atoms with Crippen LogP contribution in [-0.2, 0) is 14.3 Å². The third-order valence-electron chi connectivity index (χ3n) is 2.38. The van der Waals surface area contributed by atoms with E-state index in [1.165, 1.54) is 0 Å². The highest BCUT2D eigenvalue weighted by atomic mass is 16.5. The molecule has 1 saturated heterocycles. The van der Waals surface area contributed by atoms with Gasteiger partial charge in [-0.15, -0.1) is 0 Å². The Labute approximate surface area is 89.8 Å². The highest BCUT2D eigenvalue weighted by Gasteiger charge is 2.41. The Bertz CT molecular complexity index is 215. The van der Waals surface area contributed by atoms with Crippen molar-refractivity contribution in [1.29, 1.82) is 0 Å². The molecule has 0 aromatic rings. The van der Waals surface area contributed by atoms with Crippen LogP contribution >= 0.6 is 0 Å². The number of nitrogens with one attached hydrogen (secondary N) is 1. The van der Waals surface area contributed by atoms with Crippen molar-refractivity contribution < 1.29 is 19.4 Å². The quantitative estimate of drug-likeness (QED) is 0.639. The summed E-state index contributed by atoms with van der Waals surface area (Å²) in [6, 6.07) is 0. The fourth-order valence-corrected chi connectivity index (χ4v) is 1.67. The van der Waals surface area contributed by atoms with Crippen LogP contribution in [0.3, 0.4) is 0 Å². The van der Waals surface area contributed by atoms with E-state index < -0.39 is 11.6 Å². The Morgan fingerprint density at radius 2 is 2.27 bits per heavy atom. The topological polar surface area (TPSA) is 67.8 Å². The number of ether oxygens (including phenoxy) is 2. The van der Waals surface area contributed by atoms with Gasteiger partial charge in [0.2, 0.25) is 0 Å². The summed E-state index contributed by atoms with van der Waals surface area (Å²) in [5.41, 5.74) is -0.525. The van der Waals surface area contributed by atoms with Crippen molar-refractivity contribution in [3.05, 3.63) is 0 Å². The molecule has 0 amide bonds. The molecule has 1 fully saturated rings. The lowest BCUT2D eigenvalue weighted by Gasteiger charge is -2.43. The van der Waals surface area contributed by atoms with Crippen molar-refractivity contribution in [3.8, 4) is 0 Å². The monoisotopic (exact) mass is 217 g/mol. The summed E-state index contributed by atoms with van der Waals surface area (Å²) in [4.78, 5) is 10.7. The fraction of sp³-hybridized carbons (Fsp3) is 0.900. The molecule has 2 N–H and O–H groups in total. The first kappa shape index (κ1) is 12.4. The van der Waals surface area contributed by atoms with E-state index in [1.807, 2.05) is 13.8 Å². The van der Waals surface area contributed by atoms with Crippen molar-refractivity contribution in [3.63, 3.8) is 0 Å². The minimum absolute atomic E-state index is 0.0520. The zero-order chi connectivity index (χ0) is 11.3. The summed E-state index contributed by atoms with van der Waals surface area (Å²) in [6.07, 6.45) is -0.0115. The van der Waals surface area contributed by atoms with Crippen molar-refractivity contribution in [1.82, 2.24) is 5.32 Å². The lowest BCUT2D eigenvalue weighted by molar-refractivity contribution is -0.163. The molecule has 15 heavy (non-hydrogen) atoms. The SMILES string of the molecule is CCOCC(C)OC1(CC(=O)O)CNC1. The molecule has 0 aliphatic carbocycles. The van der Waals surface area contributed by atoms with Crippen LogP contribution in [0.2, 0.25) is 0 Å². The molecule has 1 unspecified atom stereocenters. The van der Waals surface area contributed by atoms with E-state index in [-0.39, 0.29) is 12.5 Å². The number of aliphatic carboxylic acids is 1. The molecule has 1 heterocycles. The number of carbonyl (C=O) groups is 1. The van der Waals surface area contributed by atoms with Gasteiger partial charge in [-0.1, -0.05) is 0 Å². The van der Waals surface area contributed by atoms with Crippen LogP contribution in [0.15, 0.2) is 0 Å². The molecule has 88 valence electrons. The van der Waals surface area contributed by atoms with Gasteiger partial charge in [0.05, 0.1) is 19.1 Å². The molecule has 1 aliphatic heterocycles. The Morgan fingerprint density at radius 1 is 1.60 bits per heavy atom. The van der Waals surface area contributed by atoms with Crippen molar-refractivity contribution in [2.24, 2.45) is 0 Å². The summed E-state index contributed by atoms with van der Waals surface area (Å²) in [7, 11) is 0. The van der Waals surface area contributed by atoms with Gasteiger partial charge in [0, 0.05) is 19.7 Å². The van der Waals surface area contributed by atoms with Gasteiger partial charge in [0.1, 0.15) is 5.60 Å². The Kier molecular flexibility index (Phi) is 4.50. The van der Waals surface area contributed by atoms with Gasteiger partial charge in [-0.05, 0) is 13.8 Å². The predicted octanol–water partition coefficient (Wildman–Crippen LogP) is 0.245. The second kappa shape index (κ2) is 5.44. The van der Waals surface area contributed by atoms with Gasteiger partial charge in [-0.3, -0.25) is 4.79 Å². The van der Waals surface area contributed by atoms with Crippen molar-refractivity contribution >= 4 is 5.97 Å². The highest BCUT2D eigenvalue weighted by molar-refractivity contribution is 5.68. The summed E-state index contributed by atoms with van der Waals surface area (Å²) in [5.74, 6) is -0.819. The maximum absolute atomic E-state index is 10.7. The average Bonchev–Trinajstić information content (AvgIpc) is 2.10. The third-order valence-corrected chi connectivity index (χ3v) is 2.38. The number of hydrogen-bond acceptors (Lipinski definition) is 4.